The number of hydrogen-bond donors (Lipinski definition) is 0. The molecular formula is C21H21BrN2O. The lowest BCUT2D eigenvalue weighted by atomic mass is 10.1. The van der Waals surface area contributed by atoms with Crippen LogP contribution in [-0.4, -0.2) is 22.6 Å². The van der Waals surface area contributed by atoms with E-state index in [4.69, 9.17) is 4.74 Å². The van der Waals surface area contributed by atoms with Crippen LogP contribution in [0.4, 0.5) is 0 Å². The number of rotatable bonds is 4. The molecule has 0 aliphatic carbocycles. The first-order valence-corrected chi connectivity index (χ1v) is 9.33. The minimum Gasteiger partial charge on any atom is -0.357 e. The molecule has 25 heavy (non-hydrogen) atoms. The maximum Gasteiger partial charge on any atom is 0.138 e. The molecule has 0 spiro atoms. The molecule has 0 radical (unpaired) electrons. The van der Waals surface area contributed by atoms with E-state index in [1.54, 1.807) is 0 Å². The van der Waals surface area contributed by atoms with E-state index >= 15 is 0 Å². The molecule has 1 fully saturated rings. The molecular weight excluding hydrogens is 376 g/mol. The summed E-state index contributed by atoms with van der Waals surface area (Å²) in [7, 11) is 0. The van der Waals surface area contributed by atoms with Crippen LogP contribution in [0.15, 0.2) is 71.5 Å². The lowest BCUT2D eigenvalue weighted by Crippen LogP contribution is -2.23. The van der Waals surface area contributed by atoms with Crippen molar-refractivity contribution in [3.8, 4) is 5.69 Å². The zero-order valence-corrected chi connectivity index (χ0v) is 15.8. The second kappa shape index (κ2) is 7.16. The fraction of sp³-hybridized carbons (Fsp3) is 0.238. The van der Waals surface area contributed by atoms with Gasteiger partial charge in [-0.15, -0.1) is 0 Å². The Kier molecular flexibility index (Phi) is 4.75. The van der Waals surface area contributed by atoms with Crippen molar-refractivity contribution in [2.75, 3.05) is 13.2 Å². The number of aromatic nitrogens is 1. The Morgan fingerprint density at radius 2 is 2.00 bits per heavy atom. The summed E-state index contributed by atoms with van der Waals surface area (Å²) in [5, 5.41) is 0. The molecule has 0 amide bonds. The van der Waals surface area contributed by atoms with Crippen molar-refractivity contribution in [1.82, 2.24) is 9.47 Å². The van der Waals surface area contributed by atoms with Gasteiger partial charge < -0.3 is 9.30 Å². The third-order valence-corrected chi connectivity index (χ3v) is 5.05. The first-order valence-electron chi connectivity index (χ1n) is 8.54. The lowest BCUT2D eigenvalue weighted by Gasteiger charge is -2.22. The second-order valence-corrected chi connectivity index (χ2v) is 7.43. The number of halogens is 1. The first kappa shape index (κ1) is 16.6. The smallest absolute Gasteiger partial charge is 0.138 e. The van der Waals surface area contributed by atoms with E-state index in [-0.39, 0.29) is 6.23 Å². The molecule has 1 aliphatic heterocycles. The van der Waals surface area contributed by atoms with Gasteiger partial charge in [-0.05, 0) is 36.8 Å². The normalized spacial score (nSPS) is 17.9. The highest BCUT2D eigenvalue weighted by Crippen LogP contribution is 2.29. The molecule has 2 aromatic carbocycles. The van der Waals surface area contributed by atoms with E-state index in [1.165, 1.54) is 16.7 Å². The second-order valence-electron chi connectivity index (χ2n) is 6.51. The van der Waals surface area contributed by atoms with Gasteiger partial charge in [0.1, 0.15) is 6.23 Å². The Morgan fingerprint density at radius 3 is 2.84 bits per heavy atom. The van der Waals surface area contributed by atoms with Crippen LogP contribution in [0.5, 0.6) is 0 Å². The van der Waals surface area contributed by atoms with Crippen LogP contribution in [0.25, 0.3) is 5.69 Å². The summed E-state index contributed by atoms with van der Waals surface area (Å²) < 4.78 is 9.26. The first-order chi connectivity index (χ1) is 12.2. The number of aryl methyl sites for hydroxylation is 1. The van der Waals surface area contributed by atoms with Crippen LogP contribution in [0.1, 0.15) is 22.9 Å². The van der Waals surface area contributed by atoms with Crippen molar-refractivity contribution in [3.63, 3.8) is 0 Å². The van der Waals surface area contributed by atoms with Crippen LogP contribution >= 0.6 is 15.9 Å². The fourth-order valence-corrected chi connectivity index (χ4v) is 3.76. The van der Waals surface area contributed by atoms with Gasteiger partial charge >= 0.3 is 0 Å². The molecule has 0 saturated carbocycles. The van der Waals surface area contributed by atoms with E-state index in [0.717, 1.165) is 29.9 Å². The highest BCUT2D eigenvalue weighted by molar-refractivity contribution is 9.10. The maximum atomic E-state index is 6.03. The number of hydrogen-bond acceptors (Lipinski definition) is 2. The van der Waals surface area contributed by atoms with Crippen molar-refractivity contribution in [1.29, 1.82) is 0 Å². The Labute approximate surface area is 157 Å². The third kappa shape index (κ3) is 3.71. The summed E-state index contributed by atoms with van der Waals surface area (Å²) in [6.45, 7) is 4.78. The van der Waals surface area contributed by atoms with Gasteiger partial charge in [0.2, 0.25) is 0 Å². The lowest BCUT2D eigenvalue weighted by molar-refractivity contribution is 0.0288. The van der Waals surface area contributed by atoms with Gasteiger partial charge in [0, 0.05) is 41.2 Å². The van der Waals surface area contributed by atoms with Crippen LogP contribution < -0.4 is 0 Å². The third-order valence-electron chi connectivity index (χ3n) is 4.56. The van der Waals surface area contributed by atoms with Crippen LogP contribution in [-0.2, 0) is 11.3 Å². The van der Waals surface area contributed by atoms with Gasteiger partial charge in [-0.2, -0.15) is 0 Å². The van der Waals surface area contributed by atoms with E-state index in [9.17, 15) is 0 Å². The Hall–Kier alpha value is -1.88. The van der Waals surface area contributed by atoms with Gasteiger partial charge in [-0.1, -0.05) is 51.8 Å². The quantitative estimate of drug-likeness (QED) is 0.611. The van der Waals surface area contributed by atoms with Gasteiger partial charge in [-0.3, -0.25) is 4.90 Å². The zero-order chi connectivity index (χ0) is 17.2. The van der Waals surface area contributed by atoms with Crippen LogP contribution in [0.3, 0.4) is 0 Å². The van der Waals surface area contributed by atoms with Crippen molar-refractivity contribution in [2.45, 2.75) is 19.7 Å². The van der Waals surface area contributed by atoms with Crippen molar-refractivity contribution < 1.29 is 4.74 Å². The van der Waals surface area contributed by atoms with E-state index < -0.39 is 0 Å². The topological polar surface area (TPSA) is 17.4 Å². The number of nitrogens with zero attached hydrogens (tertiary/aromatic N) is 2. The Morgan fingerprint density at radius 1 is 1.12 bits per heavy atom. The summed E-state index contributed by atoms with van der Waals surface area (Å²) in [6.07, 6.45) is 4.29. The highest BCUT2D eigenvalue weighted by atomic mass is 79.9. The molecule has 4 heteroatoms. The molecule has 128 valence electrons. The number of ether oxygens (including phenoxy) is 1. The average Bonchev–Trinajstić information content (AvgIpc) is 3.24. The van der Waals surface area contributed by atoms with E-state index in [1.807, 2.05) is 6.07 Å². The van der Waals surface area contributed by atoms with Gasteiger partial charge in [0.05, 0.1) is 6.61 Å². The Bertz CT molecular complexity index is 874. The average molecular weight is 397 g/mol. The SMILES string of the molecule is Cc1cccc(CN2CCO[C@H]2c2ccn(-c3cccc(Br)c3)c2)c1. The van der Waals surface area contributed by atoms with Gasteiger partial charge in [-0.25, -0.2) is 0 Å². The van der Waals surface area contributed by atoms with Crippen molar-refractivity contribution >= 4 is 15.9 Å². The molecule has 1 atom stereocenters. The zero-order valence-electron chi connectivity index (χ0n) is 14.2. The summed E-state index contributed by atoms with van der Waals surface area (Å²) >= 11 is 3.54. The molecule has 0 N–H and O–H groups in total. The summed E-state index contributed by atoms with van der Waals surface area (Å²) in [5.74, 6) is 0. The van der Waals surface area contributed by atoms with E-state index in [0.29, 0.717) is 0 Å². The summed E-state index contributed by atoms with van der Waals surface area (Å²) in [5.41, 5.74) is 4.98. The van der Waals surface area contributed by atoms with Gasteiger partial charge in [0.15, 0.2) is 0 Å². The van der Waals surface area contributed by atoms with Crippen molar-refractivity contribution in [3.05, 3.63) is 88.2 Å². The molecule has 3 nitrogen and oxygen atoms in total. The molecule has 3 aromatic rings. The molecule has 0 unspecified atom stereocenters. The summed E-state index contributed by atoms with van der Waals surface area (Å²) in [4.78, 5) is 2.40. The monoisotopic (exact) mass is 396 g/mol. The van der Waals surface area contributed by atoms with Crippen LogP contribution in [0.2, 0.25) is 0 Å². The summed E-state index contributed by atoms with van der Waals surface area (Å²) in [6, 6.07) is 19.2. The fourth-order valence-electron chi connectivity index (χ4n) is 3.37. The molecule has 4 rings (SSSR count). The van der Waals surface area contributed by atoms with E-state index in [2.05, 4.69) is 93.2 Å². The predicted molar refractivity (Wildman–Crippen MR) is 104 cm³/mol. The minimum atomic E-state index is 0.0221. The van der Waals surface area contributed by atoms with Crippen LogP contribution in [0, 0.1) is 6.92 Å². The Balaban J connectivity index is 1.54. The predicted octanol–water partition coefficient (Wildman–Crippen LogP) is 5.08. The standard InChI is InChI=1S/C21H21BrN2O/c1-16-4-2-5-17(12-16)14-24-10-11-25-21(24)18-8-9-23(15-18)20-7-3-6-19(22)13-20/h2-9,12-13,15,21H,10-11,14H2,1H3/t21-/m0/s1. The molecule has 1 aromatic heterocycles. The maximum absolute atomic E-state index is 6.03. The van der Waals surface area contributed by atoms with Crippen molar-refractivity contribution in [2.24, 2.45) is 0 Å². The highest BCUT2D eigenvalue weighted by Gasteiger charge is 2.27. The number of benzene rings is 2. The largest absolute Gasteiger partial charge is 0.357 e. The molecule has 2 heterocycles. The molecule has 1 aliphatic rings. The minimum absolute atomic E-state index is 0.0221. The van der Waals surface area contributed by atoms with Gasteiger partial charge in [0.25, 0.3) is 0 Å². The molecule has 1 saturated heterocycles. The molecule has 0 bridgehead atoms.